The summed E-state index contributed by atoms with van der Waals surface area (Å²) < 4.78 is 5.62. The largest absolute Gasteiger partial charge is 0.508 e. The first kappa shape index (κ1) is 14.2. The van der Waals surface area contributed by atoms with Gasteiger partial charge in [-0.3, -0.25) is 0 Å². The van der Waals surface area contributed by atoms with E-state index >= 15 is 0 Å². The van der Waals surface area contributed by atoms with Crippen molar-refractivity contribution in [3.8, 4) is 11.5 Å². The Labute approximate surface area is 134 Å². The maximum atomic E-state index is 10.1. The second-order valence-electron chi connectivity index (χ2n) is 5.95. The molecule has 2 aliphatic rings. The van der Waals surface area contributed by atoms with Crippen molar-refractivity contribution >= 4 is 5.95 Å². The summed E-state index contributed by atoms with van der Waals surface area (Å²) in [5.41, 5.74) is 1.47. The smallest absolute Gasteiger partial charge is 0.242 e. The van der Waals surface area contributed by atoms with E-state index in [-0.39, 0.29) is 11.7 Å². The Bertz CT molecular complexity index is 685. The quantitative estimate of drug-likeness (QED) is 0.785. The second-order valence-corrected chi connectivity index (χ2v) is 5.95. The topological polar surface area (TPSA) is 92.2 Å². The molecule has 0 saturated carbocycles. The van der Waals surface area contributed by atoms with Crippen molar-refractivity contribution in [1.82, 2.24) is 20.5 Å². The summed E-state index contributed by atoms with van der Waals surface area (Å²) >= 11 is 0. The van der Waals surface area contributed by atoms with Gasteiger partial charge in [0.2, 0.25) is 5.95 Å². The number of phenolic OH excluding ortho intramolecular Hbond substituents is 1. The first-order chi connectivity index (χ1) is 11.3. The van der Waals surface area contributed by atoms with Gasteiger partial charge in [-0.05, 0) is 31.5 Å². The minimum absolute atomic E-state index is 0.128. The molecule has 4 rings (SSSR count). The summed E-state index contributed by atoms with van der Waals surface area (Å²) in [7, 11) is 0. The van der Waals surface area contributed by atoms with Gasteiger partial charge in [0.25, 0.3) is 0 Å². The molecule has 3 N–H and O–H groups in total. The van der Waals surface area contributed by atoms with Gasteiger partial charge in [0.1, 0.15) is 18.1 Å². The molecule has 1 aromatic heterocycles. The molecule has 0 aliphatic carbocycles. The molecule has 2 unspecified atom stereocenters. The molecule has 0 bridgehead atoms. The maximum Gasteiger partial charge on any atom is 0.242 e. The number of aromatic nitrogens is 3. The minimum atomic E-state index is -0.128. The van der Waals surface area contributed by atoms with Crippen LogP contribution >= 0.6 is 0 Å². The first-order valence-corrected chi connectivity index (χ1v) is 7.93. The van der Waals surface area contributed by atoms with Crippen molar-refractivity contribution in [3.05, 3.63) is 35.7 Å². The number of piperidine rings is 1. The van der Waals surface area contributed by atoms with Crippen LogP contribution in [0.3, 0.4) is 0 Å². The first-order valence-electron chi connectivity index (χ1n) is 7.93. The predicted molar refractivity (Wildman–Crippen MR) is 84.8 cm³/mol. The summed E-state index contributed by atoms with van der Waals surface area (Å²) in [5, 5.41) is 25.2. The highest BCUT2D eigenvalue weighted by atomic mass is 16.5. The molecule has 1 aromatic carbocycles. The van der Waals surface area contributed by atoms with Crippen LogP contribution < -0.4 is 15.4 Å². The number of anilines is 1. The summed E-state index contributed by atoms with van der Waals surface area (Å²) in [6.07, 6.45) is 3.97. The number of aromatic hydroxyl groups is 1. The van der Waals surface area contributed by atoms with E-state index in [1.54, 1.807) is 18.3 Å². The van der Waals surface area contributed by atoms with Crippen molar-refractivity contribution in [1.29, 1.82) is 0 Å². The molecular formula is C16H19N5O2. The molecule has 1 saturated heterocycles. The molecular weight excluding hydrogens is 294 g/mol. The van der Waals surface area contributed by atoms with E-state index < -0.39 is 0 Å². The van der Waals surface area contributed by atoms with Crippen molar-refractivity contribution in [3.63, 3.8) is 0 Å². The number of hydrogen-bond acceptors (Lipinski definition) is 7. The van der Waals surface area contributed by atoms with Gasteiger partial charge in [0.15, 0.2) is 0 Å². The highest BCUT2D eigenvalue weighted by Crippen LogP contribution is 2.42. The third-order valence-corrected chi connectivity index (χ3v) is 4.36. The molecule has 3 heterocycles. The van der Waals surface area contributed by atoms with E-state index in [4.69, 9.17) is 4.74 Å². The fourth-order valence-electron chi connectivity index (χ4n) is 3.17. The fraction of sp³-hybridized carbons (Fsp3) is 0.438. The number of benzene rings is 1. The lowest BCUT2D eigenvalue weighted by molar-refractivity contribution is 0.340. The van der Waals surface area contributed by atoms with E-state index in [1.165, 1.54) is 0 Å². The van der Waals surface area contributed by atoms with E-state index in [2.05, 4.69) is 25.8 Å². The Hall–Kier alpha value is -2.41. The van der Waals surface area contributed by atoms with Gasteiger partial charge >= 0.3 is 0 Å². The lowest BCUT2D eigenvalue weighted by atomic mass is 9.97. The Morgan fingerprint density at radius 3 is 3.04 bits per heavy atom. The highest BCUT2D eigenvalue weighted by molar-refractivity contribution is 5.51. The molecule has 0 radical (unpaired) electrons. The zero-order valence-electron chi connectivity index (χ0n) is 12.7. The predicted octanol–water partition coefficient (Wildman–Crippen LogP) is 1.27. The normalized spacial score (nSPS) is 23.1. The Morgan fingerprint density at radius 1 is 1.30 bits per heavy atom. The third-order valence-electron chi connectivity index (χ3n) is 4.36. The molecule has 2 aliphatic heterocycles. The van der Waals surface area contributed by atoms with E-state index in [0.29, 0.717) is 30.0 Å². The molecule has 23 heavy (non-hydrogen) atoms. The highest BCUT2D eigenvalue weighted by Gasteiger charge is 2.30. The Morgan fingerprint density at radius 2 is 2.26 bits per heavy atom. The number of ether oxygens (including phenoxy) is 1. The zero-order chi connectivity index (χ0) is 15.6. The summed E-state index contributed by atoms with van der Waals surface area (Å²) in [5.74, 6) is 1.34. The zero-order valence-corrected chi connectivity index (χ0v) is 12.7. The SMILES string of the molecule is Oc1cccc2c1C(c1cnc(NC3CCCNC3)nn1)CO2. The van der Waals surface area contributed by atoms with E-state index in [9.17, 15) is 5.11 Å². The van der Waals surface area contributed by atoms with Crippen molar-refractivity contribution < 1.29 is 9.84 Å². The van der Waals surface area contributed by atoms with Crippen molar-refractivity contribution in [2.24, 2.45) is 0 Å². The summed E-state index contributed by atoms with van der Waals surface area (Å²) in [6.45, 7) is 2.44. The molecule has 0 amide bonds. The summed E-state index contributed by atoms with van der Waals surface area (Å²) in [4.78, 5) is 4.37. The third kappa shape index (κ3) is 2.79. The average Bonchev–Trinajstić information content (AvgIpc) is 3.02. The molecule has 2 aromatic rings. The van der Waals surface area contributed by atoms with Gasteiger partial charge in [-0.2, -0.15) is 0 Å². The number of nitrogens with zero attached hydrogens (tertiary/aromatic N) is 3. The standard InChI is InChI=1S/C16H19N5O2/c22-13-4-1-5-14-15(13)11(9-23-14)12-8-18-16(21-20-12)19-10-3-2-6-17-7-10/h1,4-5,8,10-11,17,22H,2-3,6-7,9H2,(H,18,19,21). The van der Waals surface area contributed by atoms with Crippen molar-refractivity contribution in [2.75, 3.05) is 25.0 Å². The van der Waals surface area contributed by atoms with Crippen LogP contribution in [0.5, 0.6) is 11.5 Å². The number of rotatable bonds is 3. The van der Waals surface area contributed by atoms with Gasteiger partial charge in [0.05, 0.1) is 17.8 Å². The van der Waals surface area contributed by atoms with E-state index in [0.717, 1.165) is 31.5 Å². The average molecular weight is 313 g/mol. The molecule has 2 atom stereocenters. The minimum Gasteiger partial charge on any atom is -0.508 e. The molecule has 0 spiro atoms. The number of nitrogens with one attached hydrogen (secondary N) is 2. The summed E-state index contributed by atoms with van der Waals surface area (Å²) in [6, 6.07) is 5.62. The van der Waals surface area contributed by atoms with Gasteiger partial charge in [0, 0.05) is 18.2 Å². The second kappa shape index (κ2) is 6.00. The number of hydrogen-bond donors (Lipinski definition) is 3. The molecule has 7 nitrogen and oxygen atoms in total. The van der Waals surface area contributed by atoms with Crippen LogP contribution in [0.25, 0.3) is 0 Å². The number of fused-ring (bicyclic) bond motifs is 1. The Kier molecular flexibility index (Phi) is 3.70. The lowest BCUT2D eigenvalue weighted by Gasteiger charge is -2.23. The van der Waals surface area contributed by atoms with Crippen molar-refractivity contribution in [2.45, 2.75) is 24.8 Å². The van der Waals surface area contributed by atoms with Crippen LogP contribution in [0.1, 0.15) is 30.0 Å². The lowest BCUT2D eigenvalue weighted by Crippen LogP contribution is -2.38. The molecule has 120 valence electrons. The van der Waals surface area contributed by atoms with Crippen LogP contribution in [-0.4, -0.2) is 46.0 Å². The monoisotopic (exact) mass is 313 g/mol. The van der Waals surface area contributed by atoms with Gasteiger partial charge < -0.3 is 20.5 Å². The molecule has 1 fully saturated rings. The Balaban J connectivity index is 1.51. The van der Waals surface area contributed by atoms with Crippen LogP contribution in [0.4, 0.5) is 5.95 Å². The molecule has 7 heteroatoms. The van der Waals surface area contributed by atoms with Gasteiger partial charge in [-0.25, -0.2) is 4.98 Å². The van der Waals surface area contributed by atoms with Crippen LogP contribution in [0, 0.1) is 0 Å². The van der Waals surface area contributed by atoms with Crippen LogP contribution in [-0.2, 0) is 0 Å². The van der Waals surface area contributed by atoms with Crippen LogP contribution in [0.2, 0.25) is 0 Å². The fourth-order valence-corrected chi connectivity index (χ4v) is 3.17. The maximum absolute atomic E-state index is 10.1. The number of phenols is 1. The van der Waals surface area contributed by atoms with Gasteiger partial charge in [-0.15, -0.1) is 10.2 Å². The van der Waals surface area contributed by atoms with Gasteiger partial charge in [-0.1, -0.05) is 6.07 Å². The van der Waals surface area contributed by atoms with Crippen LogP contribution in [0.15, 0.2) is 24.4 Å². The van der Waals surface area contributed by atoms with E-state index in [1.807, 2.05) is 6.07 Å².